The largest absolute Gasteiger partial charge is 0.466 e. The second-order valence-electron chi connectivity index (χ2n) is 8.60. The number of carbonyl (C=O) groups excluding carboxylic acids is 2. The molecule has 0 aliphatic rings. The van der Waals surface area contributed by atoms with Crippen LogP contribution in [0.2, 0.25) is 5.02 Å². The molecule has 0 aliphatic heterocycles. The fourth-order valence-corrected chi connectivity index (χ4v) is 4.33. The van der Waals surface area contributed by atoms with E-state index in [4.69, 9.17) is 25.6 Å². The van der Waals surface area contributed by atoms with E-state index < -0.39 is 6.09 Å². The van der Waals surface area contributed by atoms with Gasteiger partial charge in [0.15, 0.2) is 5.76 Å². The molecule has 1 amide bonds. The molecule has 196 valence electrons. The summed E-state index contributed by atoms with van der Waals surface area (Å²) in [7, 11) is 0. The van der Waals surface area contributed by atoms with Gasteiger partial charge in [0, 0.05) is 5.56 Å². The zero-order chi connectivity index (χ0) is 27.1. The highest BCUT2D eigenvalue weighted by molar-refractivity contribution is 6.34. The third kappa shape index (κ3) is 6.23. The SMILES string of the molecule is CCOC(=O)Cc1ccc(Cc2ccc(-c3onc(C)c3N(C(=O)OCC)c3ccccc3Cl)cc2)cc1. The van der Waals surface area contributed by atoms with Gasteiger partial charge in [-0.05, 0) is 56.0 Å². The van der Waals surface area contributed by atoms with Crippen LogP contribution < -0.4 is 4.90 Å². The van der Waals surface area contributed by atoms with Gasteiger partial charge in [-0.3, -0.25) is 4.79 Å². The van der Waals surface area contributed by atoms with E-state index >= 15 is 0 Å². The zero-order valence-electron chi connectivity index (χ0n) is 21.6. The van der Waals surface area contributed by atoms with E-state index in [0.717, 1.165) is 28.7 Å². The van der Waals surface area contributed by atoms with Crippen LogP contribution in [0.15, 0.2) is 77.3 Å². The van der Waals surface area contributed by atoms with Gasteiger partial charge >= 0.3 is 12.1 Å². The Morgan fingerprint density at radius 3 is 2.11 bits per heavy atom. The van der Waals surface area contributed by atoms with Gasteiger partial charge in [0.2, 0.25) is 0 Å². The van der Waals surface area contributed by atoms with E-state index in [0.29, 0.717) is 34.5 Å². The maximum atomic E-state index is 13.1. The molecule has 38 heavy (non-hydrogen) atoms. The lowest BCUT2D eigenvalue weighted by Crippen LogP contribution is -2.27. The van der Waals surface area contributed by atoms with Crippen LogP contribution in [0.5, 0.6) is 0 Å². The van der Waals surface area contributed by atoms with Gasteiger partial charge in [-0.25, -0.2) is 9.69 Å². The fraction of sp³-hybridized carbons (Fsp3) is 0.233. The molecule has 0 saturated heterocycles. The number of amides is 1. The third-order valence-electron chi connectivity index (χ3n) is 5.90. The van der Waals surface area contributed by atoms with Crippen molar-refractivity contribution in [3.8, 4) is 11.3 Å². The predicted molar refractivity (Wildman–Crippen MR) is 147 cm³/mol. The van der Waals surface area contributed by atoms with Gasteiger partial charge in [-0.1, -0.05) is 77.4 Å². The summed E-state index contributed by atoms with van der Waals surface area (Å²) in [6.45, 7) is 5.90. The number of para-hydroxylation sites is 1. The van der Waals surface area contributed by atoms with Crippen molar-refractivity contribution in [1.29, 1.82) is 0 Å². The van der Waals surface area contributed by atoms with Crippen molar-refractivity contribution in [2.45, 2.75) is 33.6 Å². The normalized spacial score (nSPS) is 10.7. The van der Waals surface area contributed by atoms with E-state index in [2.05, 4.69) is 5.16 Å². The summed E-state index contributed by atoms with van der Waals surface area (Å²) >= 11 is 6.45. The Morgan fingerprint density at radius 2 is 1.47 bits per heavy atom. The number of hydrogen-bond donors (Lipinski definition) is 0. The molecule has 4 aromatic rings. The standard InChI is InChI=1S/C30H29ClN2O5/c1-4-36-27(34)19-23-12-10-21(11-13-23)18-22-14-16-24(17-15-22)29-28(20(3)32-38-29)33(30(35)37-5-2)26-9-7-6-8-25(26)31/h6-17H,4-5,18-19H2,1-3H3. The molecule has 1 aromatic heterocycles. The molecule has 0 bridgehead atoms. The Labute approximate surface area is 226 Å². The number of halogens is 1. The maximum Gasteiger partial charge on any atom is 0.419 e. The number of aryl methyl sites for hydroxylation is 1. The molecule has 7 nitrogen and oxygen atoms in total. The predicted octanol–water partition coefficient (Wildman–Crippen LogP) is 7.29. The summed E-state index contributed by atoms with van der Waals surface area (Å²) < 4.78 is 16.0. The van der Waals surface area contributed by atoms with Crippen molar-refractivity contribution in [3.05, 3.63) is 100 Å². The van der Waals surface area contributed by atoms with Crippen LogP contribution in [-0.4, -0.2) is 30.4 Å². The van der Waals surface area contributed by atoms with E-state index in [-0.39, 0.29) is 19.0 Å². The molecule has 0 N–H and O–H groups in total. The minimum absolute atomic E-state index is 0.206. The highest BCUT2D eigenvalue weighted by Crippen LogP contribution is 2.41. The lowest BCUT2D eigenvalue weighted by molar-refractivity contribution is -0.142. The number of hydrogen-bond acceptors (Lipinski definition) is 6. The van der Waals surface area contributed by atoms with E-state index in [1.54, 1.807) is 45.0 Å². The number of nitrogens with zero attached hydrogens (tertiary/aromatic N) is 2. The summed E-state index contributed by atoms with van der Waals surface area (Å²) in [5.74, 6) is 0.208. The molecule has 0 radical (unpaired) electrons. The average molecular weight is 533 g/mol. The molecule has 1 heterocycles. The Bertz CT molecular complexity index is 1400. The first-order valence-corrected chi connectivity index (χ1v) is 12.8. The molecule has 0 atom stereocenters. The van der Waals surface area contributed by atoms with Crippen molar-refractivity contribution in [3.63, 3.8) is 0 Å². The third-order valence-corrected chi connectivity index (χ3v) is 6.22. The van der Waals surface area contributed by atoms with Crippen LogP contribution in [0.4, 0.5) is 16.2 Å². The summed E-state index contributed by atoms with van der Waals surface area (Å²) in [4.78, 5) is 26.2. The first kappa shape index (κ1) is 26.9. The highest BCUT2D eigenvalue weighted by atomic mass is 35.5. The Morgan fingerprint density at radius 1 is 0.868 bits per heavy atom. The number of aromatic nitrogens is 1. The highest BCUT2D eigenvalue weighted by Gasteiger charge is 2.29. The minimum atomic E-state index is -0.573. The Hall–Kier alpha value is -4.10. The van der Waals surface area contributed by atoms with Crippen LogP contribution >= 0.6 is 11.6 Å². The number of anilines is 2. The zero-order valence-corrected chi connectivity index (χ0v) is 22.3. The summed E-state index contributed by atoms with van der Waals surface area (Å²) in [6, 6.07) is 22.9. The maximum absolute atomic E-state index is 13.1. The van der Waals surface area contributed by atoms with Crippen molar-refractivity contribution in [1.82, 2.24) is 5.16 Å². The lowest BCUT2D eigenvalue weighted by Gasteiger charge is -2.23. The number of carbonyl (C=O) groups is 2. The summed E-state index contributed by atoms with van der Waals surface area (Å²) in [5, 5.41) is 4.54. The first-order valence-electron chi connectivity index (χ1n) is 12.4. The van der Waals surface area contributed by atoms with Gasteiger partial charge in [0.05, 0.1) is 30.3 Å². The van der Waals surface area contributed by atoms with Crippen molar-refractivity contribution >= 4 is 35.0 Å². The molecule has 0 spiro atoms. The molecule has 0 fully saturated rings. The summed E-state index contributed by atoms with van der Waals surface area (Å²) in [6.07, 6.45) is 0.409. The van der Waals surface area contributed by atoms with Crippen molar-refractivity contribution < 1.29 is 23.6 Å². The molecule has 0 aliphatic carbocycles. The lowest BCUT2D eigenvalue weighted by atomic mass is 10.0. The van der Waals surface area contributed by atoms with E-state index in [1.807, 2.05) is 48.5 Å². The topological polar surface area (TPSA) is 81.9 Å². The van der Waals surface area contributed by atoms with Crippen LogP contribution in [-0.2, 0) is 27.1 Å². The smallest absolute Gasteiger partial charge is 0.419 e. The van der Waals surface area contributed by atoms with Gasteiger partial charge in [0.1, 0.15) is 11.4 Å². The van der Waals surface area contributed by atoms with Gasteiger partial charge in [-0.15, -0.1) is 0 Å². The molecular weight excluding hydrogens is 504 g/mol. The molecule has 0 unspecified atom stereocenters. The number of esters is 1. The number of ether oxygens (including phenoxy) is 2. The van der Waals surface area contributed by atoms with Crippen LogP contribution in [0.1, 0.15) is 36.2 Å². The quantitative estimate of drug-likeness (QED) is 0.210. The molecule has 4 rings (SSSR count). The van der Waals surface area contributed by atoms with Crippen molar-refractivity contribution in [2.75, 3.05) is 18.1 Å². The second kappa shape index (κ2) is 12.4. The number of rotatable bonds is 9. The fourth-order valence-electron chi connectivity index (χ4n) is 4.11. The summed E-state index contributed by atoms with van der Waals surface area (Å²) in [5.41, 5.74) is 5.37. The molecular formula is C30H29ClN2O5. The molecule has 8 heteroatoms. The minimum Gasteiger partial charge on any atom is -0.466 e. The van der Waals surface area contributed by atoms with Gasteiger partial charge < -0.3 is 14.0 Å². The average Bonchev–Trinajstić information content (AvgIpc) is 3.28. The van der Waals surface area contributed by atoms with Gasteiger partial charge in [0.25, 0.3) is 0 Å². The van der Waals surface area contributed by atoms with Gasteiger partial charge in [-0.2, -0.15) is 0 Å². The van der Waals surface area contributed by atoms with Crippen LogP contribution in [0.25, 0.3) is 11.3 Å². The number of benzene rings is 3. The van der Waals surface area contributed by atoms with E-state index in [1.165, 1.54) is 4.90 Å². The molecule has 3 aromatic carbocycles. The Kier molecular flexibility index (Phi) is 8.81. The van der Waals surface area contributed by atoms with Crippen molar-refractivity contribution in [2.24, 2.45) is 0 Å². The van der Waals surface area contributed by atoms with E-state index in [9.17, 15) is 9.59 Å². The molecule has 0 saturated carbocycles. The second-order valence-corrected chi connectivity index (χ2v) is 9.01. The van der Waals surface area contributed by atoms with Crippen LogP contribution in [0, 0.1) is 6.92 Å². The first-order chi connectivity index (χ1) is 18.4. The Balaban J connectivity index is 1.58. The monoisotopic (exact) mass is 532 g/mol. The van der Waals surface area contributed by atoms with Crippen LogP contribution in [0.3, 0.4) is 0 Å².